The molecule has 1 fully saturated rings. The summed E-state index contributed by atoms with van der Waals surface area (Å²) in [4.78, 5) is 15.3. The van der Waals surface area contributed by atoms with Gasteiger partial charge in [0, 0.05) is 18.2 Å². The zero-order valence-corrected chi connectivity index (χ0v) is 16.5. The first-order valence-corrected chi connectivity index (χ1v) is 10.1. The molecule has 1 heterocycles. The summed E-state index contributed by atoms with van der Waals surface area (Å²) >= 11 is 0. The van der Waals surface area contributed by atoms with Crippen molar-refractivity contribution in [2.75, 3.05) is 6.79 Å². The zero-order valence-electron chi connectivity index (χ0n) is 16.5. The van der Waals surface area contributed by atoms with E-state index in [1.165, 1.54) is 12.8 Å². The highest BCUT2D eigenvalue weighted by Gasteiger charge is 2.28. The molecule has 0 bridgehead atoms. The summed E-state index contributed by atoms with van der Waals surface area (Å²) in [6.45, 7) is 4.82. The average molecular weight is 381 g/mol. The number of benzene rings is 2. The third-order valence-electron chi connectivity index (χ3n) is 5.29. The van der Waals surface area contributed by atoms with Crippen LogP contribution < -0.4 is 14.2 Å². The van der Waals surface area contributed by atoms with E-state index in [2.05, 4.69) is 0 Å². The van der Waals surface area contributed by atoms with Crippen LogP contribution in [0.5, 0.6) is 17.2 Å². The second kappa shape index (κ2) is 8.13. The first kappa shape index (κ1) is 18.7. The fourth-order valence-electron chi connectivity index (χ4n) is 3.93. The molecule has 28 heavy (non-hydrogen) atoms. The van der Waals surface area contributed by atoms with Crippen LogP contribution in [-0.4, -0.2) is 29.7 Å². The minimum atomic E-state index is 0.0701. The lowest BCUT2D eigenvalue weighted by Crippen LogP contribution is -2.38. The number of hydrogen-bond donors (Lipinski definition) is 0. The predicted molar refractivity (Wildman–Crippen MR) is 107 cm³/mol. The summed E-state index contributed by atoms with van der Waals surface area (Å²) < 4.78 is 16.6. The lowest BCUT2D eigenvalue weighted by atomic mass is 10.1. The van der Waals surface area contributed by atoms with Gasteiger partial charge in [-0.15, -0.1) is 0 Å². The Hall–Kier alpha value is -2.69. The smallest absolute Gasteiger partial charge is 0.254 e. The molecule has 1 aliphatic carbocycles. The van der Waals surface area contributed by atoms with Crippen LogP contribution in [-0.2, 0) is 6.54 Å². The van der Waals surface area contributed by atoms with E-state index in [0.717, 1.165) is 35.7 Å². The molecule has 0 radical (unpaired) electrons. The number of rotatable bonds is 6. The van der Waals surface area contributed by atoms with Crippen LogP contribution in [0.2, 0.25) is 0 Å². The van der Waals surface area contributed by atoms with Gasteiger partial charge in [-0.25, -0.2) is 0 Å². The summed E-state index contributed by atoms with van der Waals surface area (Å²) in [5.41, 5.74) is 1.76. The molecule has 0 aromatic heterocycles. The van der Waals surface area contributed by atoms with Crippen LogP contribution in [0.15, 0.2) is 42.5 Å². The van der Waals surface area contributed by atoms with E-state index < -0.39 is 0 Å². The van der Waals surface area contributed by atoms with Crippen molar-refractivity contribution in [3.05, 3.63) is 53.6 Å². The van der Waals surface area contributed by atoms with E-state index in [-0.39, 0.29) is 24.8 Å². The van der Waals surface area contributed by atoms with Gasteiger partial charge in [0.25, 0.3) is 5.91 Å². The van der Waals surface area contributed by atoms with Crippen molar-refractivity contribution in [2.24, 2.45) is 0 Å². The first-order valence-electron chi connectivity index (χ1n) is 10.1. The normalized spacial score (nSPS) is 15.8. The van der Waals surface area contributed by atoms with E-state index >= 15 is 0 Å². The highest BCUT2D eigenvalue weighted by Crippen LogP contribution is 2.34. The molecule has 5 nitrogen and oxygen atoms in total. The number of amides is 1. The molecule has 0 atom stereocenters. The van der Waals surface area contributed by atoms with Gasteiger partial charge in [-0.05, 0) is 68.7 Å². The standard InChI is InChI=1S/C23H27NO4/c1-16(2)28-20-10-8-18(9-11-20)23(25)24(19-5-3-4-6-19)14-17-7-12-21-22(13-17)27-15-26-21/h7-13,16,19H,3-6,14-15H2,1-2H3. The maximum Gasteiger partial charge on any atom is 0.254 e. The Morgan fingerprint density at radius 1 is 1.07 bits per heavy atom. The monoisotopic (exact) mass is 381 g/mol. The van der Waals surface area contributed by atoms with Crippen molar-refractivity contribution >= 4 is 5.91 Å². The van der Waals surface area contributed by atoms with Gasteiger partial charge in [-0.1, -0.05) is 18.9 Å². The second-order valence-electron chi connectivity index (χ2n) is 7.75. The molecule has 0 spiro atoms. The van der Waals surface area contributed by atoms with Crippen molar-refractivity contribution in [1.82, 2.24) is 4.90 Å². The maximum atomic E-state index is 13.3. The molecule has 0 N–H and O–H groups in total. The van der Waals surface area contributed by atoms with Gasteiger partial charge >= 0.3 is 0 Å². The molecule has 5 heteroatoms. The zero-order chi connectivity index (χ0) is 19.5. The Kier molecular flexibility index (Phi) is 5.42. The van der Waals surface area contributed by atoms with Gasteiger partial charge in [0.2, 0.25) is 6.79 Å². The number of carbonyl (C=O) groups is 1. The van der Waals surface area contributed by atoms with Crippen molar-refractivity contribution in [3.8, 4) is 17.2 Å². The molecule has 0 unspecified atom stereocenters. The summed E-state index contributed by atoms with van der Waals surface area (Å²) in [5.74, 6) is 2.38. The summed E-state index contributed by atoms with van der Waals surface area (Å²) in [6, 6.07) is 13.7. The maximum absolute atomic E-state index is 13.3. The molecule has 1 saturated carbocycles. The van der Waals surface area contributed by atoms with Crippen LogP contribution in [0.4, 0.5) is 0 Å². The van der Waals surface area contributed by atoms with E-state index in [4.69, 9.17) is 14.2 Å². The Labute approximate surface area is 166 Å². The van der Waals surface area contributed by atoms with Gasteiger partial charge in [-0.3, -0.25) is 4.79 Å². The van der Waals surface area contributed by atoms with Gasteiger partial charge < -0.3 is 19.1 Å². The number of nitrogens with zero attached hydrogens (tertiary/aromatic N) is 1. The quantitative estimate of drug-likeness (QED) is 0.722. The van der Waals surface area contributed by atoms with Gasteiger partial charge in [0.05, 0.1) is 6.10 Å². The number of carbonyl (C=O) groups excluding carboxylic acids is 1. The fourth-order valence-corrected chi connectivity index (χ4v) is 3.93. The lowest BCUT2D eigenvalue weighted by molar-refractivity contribution is 0.0664. The molecular formula is C23H27NO4. The number of fused-ring (bicyclic) bond motifs is 1. The lowest BCUT2D eigenvalue weighted by Gasteiger charge is -2.29. The topological polar surface area (TPSA) is 48.0 Å². The molecule has 148 valence electrons. The molecule has 2 aromatic rings. The van der Waals surface area contributed by atoms with Gasteiger partial charge in [0.1, 0.15) is 5.75 Å². The van der Waals surface area contributed by atoms with Crippen LogP contribution in [0.3, 0.4) is 0 Å². The minimum absolute atomic E-state index is 0.0701. The fraction of sp³-hybridized carbons (Fsp3) is 0.435. The Morgan fingerprint density at radius 3 is 2.50 bits per heavy atom. The van der Waals surface area contributed by atoms with Gasteiger partial charge in [-0.2, -0.15) is 0 Å². The predicted octanol–water partition coefficient (Wildman–Crippen LogP) is 4.79. The summed E-state index contributed by atoms with van der Waals surface area (Å²) in [5, 5.41) is 0. The largest absolute Gasteiger partial charge is 0.491 e. The SMILES string of the molecule is CC(C)Oc1ccc(C(=O)N(Cc2ccc3c(c2)OCO3)C2CCCC2)cc1. The van der Waals surface area contributed by atoms with E-state index in [0.29, 0.717) is 12.1 Å². The number of ether oxygens (including phenoxy) is 3. The average Bonchev–Trinajstić information content (AvgIpc) is 3.37. The summed E-state index contributed by atoms with van der Waals surface area (Å²) in [7, 11) is 0. The molecule has 0 saturated heterocycles. The van der Waals surface area contributed by atoms with Gasteiger partial charge in [0.15, 0.2) is 11.5 Å². The van der Waals surface area contributed by atoms with Crippen LogP contribution in [0, 0.1) is 0 Å². The van der Waals surface area contributed by atoms with Crippen molar-refractivity contribution in [3.63, 3.8) is 0 Å². The minimum Gasteiger partial charge on any atom is -0.491 e. The molecule has 2 aliphatic rings. The number of hydrogen-bond acceptors (Lipinski definition) is 4. The Morgan fingerprint density at radius 2 is 1.79 bits per heavy atom. The second-order valence-corrected chi connectivity index (χ2v) is 7.75. The van der Waals surface area contributed by atoms with Crippen LogP contribution in [0.25, 0.3) is 0 Å². The van der Waals surface area contributed by atoms with E-state index in [1.54, 1.807) is 0 Å². The molecule has 1 amide bonds. The van der Waals surface area contributed by atoms with Crippen molar-refractivity contribution < 1.29 is 19.0 Å². The first-order chi connectivity index (χ1) is 13.6. The summed E-state index contributed by atoms with van der Waals surface area (Å²) in [6.07, 6.45) is 4.59. The molecule has 4 rings (SSSR count). The van der Waals surface area contributed by atoms with Crippen molar-refractivity contribution in [2.45, 2.75) is 58.2 Å². The van der Waals surface area contributed by atoms with E-state index in [1.807, 2.05) is 61.2 Å². The Bertz CT molecular complexity index is 825. The molecule has 2 aromatic carbocycles. The Balaban J connectivity index is 1.54. The van der Waals surface area contributed by atoms with E-state index in [9.17, 15) is 4.79 Å². The highest BCUT2D eigenvalue weighted by atomic mass is 16.7. The van der Waals surface area contributed by atoms with Crippen molar-refractivity contribution in [1.29, 1.82) is 0 Å². The third-order valence-corrected chi connectivity index (χ3v) is 5.29. The highest BCUT2D eigenvalue weighted by molar-refractivity contribution is 5.94. The molecular weight excluding hydrogens is 354 g/mol. The molecule has 1 aliphatic heterocycles. The van der Waals surface area contributed by atoms with Crippen LogP contribution in [0.1, 0.15) is 55.5 Å². The van der Waals surface area contributed by atoms with Crippen LogP contribution >= 0.6 is 0 Å². The third kappa shape index (κ3) is 4.08.